The lowest BCUT2D eigenvalue weighted by molar-refractivity contribution is 0.0938. The Morgan fingerprint density at radius 1 is 0.939 bits per heavy atom. The molecule has 0 aromatic heterocycles. The molecule has 0 bridgehead atoms. The van der Waals surface area contributed by atoms with E-state index >= 15 is 0 Å². The average molecular weight is 470 g/mol. The van der Waals surface area contributed by atoms with Crippen LogP contribution in [-0.2, 0) is 0 Å². The van der Waals surface area contributed by atoms with E-state index in [9.17, 15) is 9.59 Å². The number of benzene rings is 2. The third-order valence-electron chi connectivity index (χ3n) is 5.27. The highest BCUT2D eigenvalue weighted by Crippen LogP contribution is 2.16. The Morgan fingerprint density at radius 3 is 2.33 bits per heavy atom. The summed E-state index contributed by atoms with van der Waals surface area (Å²) in [4.78, 5) is 25.1. The molecule has 178 valence electrons. The second-order valence-corrected chi connectivity index (χ2v) is 8.43. The standard InChI is InChI=1S/C26H35N3O3S/c1-4-6-7-8-11-18-32-21-16-14-20(15-17-21)24(30)29-26(33)28-23-13-10-9-12-22(23)25(31)27-19(3)5-2/h9-10,12-17,19H,4-8,11,18H2,1-3H3,(H,27,31)(H2,28,29,30,33). The van der Waals surface area contributed by atoms with Crippen LogP contribution in [0.4, 0.5) is 5.69 Å². The molecule has 0 radical (unpaired) electrons. The van der Waals surface area contributed by atoms with Crippen LogP contribution in [-0.4, -0.2) is 29.6 Å². The number of para-hydroxylation sites is 1. The van der Waals surface area contributed by atoms with Gasteiger partial charge in [-0.15, -0.1) is 0 Å². The topological polar surface area (TPSA) is 79.5 Å². The molecule has 6 nitrogen and oxygen atoms in total. The maximum Gasteiger partial charge on any atom is 0.257 e. The number of anilines is 1. The molecule has 1 unspecified atom stereocenters. The first-order valence-electron chi connectivity index (χ1n) is 11.7. The van der Waals surface area contributed by atoms with Gasteiger partial charge in [-0.2, -0.15) is 0 Å². The fourth-order valence-corrected chi connectivity index (χ4v) is 3.32. The van der Waals surface area contributed by atoms with E-state index in [2.05, 4.69) is 22.9 Å². The summed E-state index contributed by atoms with van der Waals surface area (Å²) in [7, 11) is 0. The average Bonchev–Trinajstić information content (AvgIpc) is 2.81. The zero-order valence-electron chi connectivity index (χ0n) is 19.8. The van der Waals surface area contributed by atoms with Crippen molar-refractivity contribution < 1.29 is 14.3 Å². The van der Waals surface area contributed by atoms with Crippen LogP contribution in [0.25, 0.3) is 0 Å². The highest BCUT2D eigenvalue weighted by molar-refractivity contribution is 7.80. The van der Waals surface area contributed by atoms with Gasteiger partial charge in [0.05, 0.1) is 17.9 Å². The van der Waals surface area contributed by atoms with Crippen LogP contribution >= 0.6 is 12.2 Å². The molecular formula is C26H35N3O3S. The van der Waals surface area contributed by atoms with Gasteiger partial charge in [-0.25, -0.2) is 0 Å². The summed E-state index contributed by atoms with van der Waals surface area (Å²) in [5, 5.41) is 8.68. The highest BCUT2D eigenvalue weighted by Gasteiger charge is 2.15. The van der Waals surface area contributed by atoms with Crippen LogP contribution in [0, 0.1) is 0 Å². The van der Waals surface area contributed by atoms with Gasteiger partial charge in [-0.05, 0) is 68.4 Å². The number of thiocarbonyl (C=S) groups is 1. The molecule has 0 saturated heterocycles. The Balaban J connectivity index is 1.87. The minimum Gasteiger partial charge on any atom is -0.494 e. The molecule has 7 heteroatoms. The van der Waals surface area contributed by atoms with E-state index in [0.29, 0.717) is 23.4 Å². The Morgan fingerprint density at radius 2 is 1.64 bits per heavy atom. The van der Waals surface area contributed by atoms with Crippen molar-refractivity contribution in [1.82, 2.24) is 10.6 Å². The van der Waals surface area contributed by atoms with Crippen molar-refractivity contribution in [1.29, 1.82) is 0 Å². The molecule has 0 heterocycles. The molecule has 0 aliphatic heterocycles. The Kier molecular flexibility index (Phi) is 11.4. The maximum atomic E-state index is 12.6. The predicted octanol–water partition coefficient (Wildman–Crippen LogP) is 5.69. The first-order valence-corrected chi connectivity index (χ1v) is 12.1. The molecule has 0 spiro atoms. The zero-order valence-corrected chi connectivity index (χ0v) is 20.6. The first kappa shape index (κ1) is 26.3. The van der Waals surface area contributed by atoms with Gasteiger partial charge in [-0.1, -0.05) is 51.7 Å². The van der Waals surface area contributed by atoms with Crippen LogP contribution < -0.4 is 20.7 Å². The highest BCUT2D eigenvalue weighted by atomic mass is 32.1. The van der Waals surface area contributed by atoms with E-state index in [-0.39, 0.29) is 23.0 Å². The minimum atomic E-state index is -0.333. The van der Waals surface area contributed by atoms with E-state index in [0.717, 1.165) is 18.6 Å². The number of hydrogen-bond donors (Lipinski definition) is 3. The molecule has 2 aromatic carbocycles. The normalized spacial score (nSPS) is 11.4. The van der Waals surface area contributed by atoms with Gasteiger partial charge in [0.2, 0.25) is 0 Å². The molecule has 2 aromatic rings. The molecule has 2 rings (SSSR count). The van der Waals surface area contributed by atoms with Crippen LogP contribution in [0.15, 0.2) is 48.5 Å². The number of carbonyl (C=O) groups excluding carboxylic acids is 2. The Bertz CT molecular complexity index is 915. The van der Waals surface area contributed by atoms with Gasteiger partial charge < -0.3 is 15.4 Å². The predicted molar refractivity (Wildman–Crippen MR) is 138 cm³/mol. The number of rotatable bonds is 12. The lowest BCUT2D eigenvalue weighted by atomic mass is 10.1. The van der Waals surface area contributed by atoms with Gasteiger partial charge in [0, 0.05) is 11.6 Å². The second kappa shape index (κ2) is 14.3. The van der Waals surface area contributed by atoms with Gasteiger partial charge in [0.25, 0.3) is 11.8 Å². The zero-order chi connectivity index (χ0) is 24.1. The van der Waals surface area contributed by atoms with Crippen molar-refractivity contribution in [2.45, 2.75) is 65.3 Å². The van der Waals surface area contributed by atoms with Crippen LogP contribution in [0.2, 0.25) is 0 Å². The fraction of sp³-hybridized carbons (Fsp3) is 0.423. The smallest absolute Gasteiger partial charge is 0.257 e. The van der Waals surface area contributed by atoms with Gasteiger partial charge in [0.1, 0.15) is 5.75 Å². The maximum absolute atomic E-state index is 12.6. The Hall–Kier alpha value is -2.93. The third-order valence-corrected chi connectivity index (χ3v) is 5.47. The number of amides is 2. The molecule has 33 heavy (non-hydrogen) atoms. The molecule has 3 N–H and O–H groups in total. The van der Waals surface area contributed by atoms with Crippen molar-refractivity contribution in [3.63, 3.8) is 0 Å². The van der Waals surface area contributed by atoms with E-state index in [1.807, 2.05) is 13.8 Å². The largest absolute Gasteiger partial charge is 0.494 e. The number of carbonyl (C=O) groups is 2. The van der Waals surface area contributed by atoms with E-state index in [1.54, 1.807) is 48.5 Å². The molecular weight excluding hydrogens is 434 g/mol. The molecule has 0 fully saturated rings. The lowest BCUT2D eigenvalue weighted by Crippen LogP contribution is -2.36. The summed E-state index contributed by atoms with van der Waals surface area (Å²) in [6.07, 6.45) is 6.75. The van der Waals surface area contributed by atoms with Crippen molar-refractivity contribution >= 4 is 34.8 Å². The second-order valence-electron chi connectivity index (χ2n) is 8.02. The quantitative estimate of drug-likeness (QED) is 0.275. The summed E-state index contributed by atoms with van der Waals surface area (Å²) in [5.41, 5.74) is 1.47. The van der Waals surface area contributed by atoms with Crippen molar-refractivity contribution in [3.8, 4) is 5.75 Å². The van der Waals surface area contributed by atoms with E-state index in [4.69, 9.17) is 17.0 Å². The van der Waals surface area contributed by atoms with Gasteiger partial charge >= 0.3 is 0 Å². The monoisotopic (exact) mass is 469 g/mol. The molecule has 1 atom stereocenters. The molecule has 0 aliphatic rings. The summed E-state index contributed by atoms with van der Waals surface area (Å²) in [6.45, 7) is 6.83. The summed E-state index contributed by atoms with van der Waals surface area (Å²) >= 11 is 5.30. The van der Waals surface area contributed by atoms with Gasteiger partial charge in [-0.3, -0.25) is 14.9 Å². The van der Waals surface area contributed by atoms with Crippen LogP contribution in [0.5, 0.6) is 5.75 Å². The molecule has 2 amide bonds. The Labute approximate surface area is 202 Å². The summed E-state index contributed by atoms with van der Waals surface area (Å²) in [5.74, 6) is 0.215. The first-order chi connectivity index (χ1) is 15.9. The van der Waals surface area contributed by atoms with E-state index in [1.165, 1.54) is 25.7 Å². The fourth-order valence-electron chi connectivity index (χ4n) is 3.12. The van der Waals surface area contributed by atoms with Crippen LogP contribution in [0.3, 0.4) is 0 Å². The SMILES string of the molecule is CCCCCCCOc1ccc(C(=O)NC(=S)Nc2ccccc2C(=O)NC(C)CC)cc1. The van der Waals surface area contributed by atoms with Crippen LogP contribution in [0.1, 0.15) is 80.0 Å². The molecule has 0 saturated carbocycles. The third kappa shape index (κ3) is 9.22. The summed E-state index contributed by atoms with van der Waals surface area (Å²) in [6, 6.07) is 14.1. The number of hydrogen-bond acceptors (Lipinski definition) is 4. The van der Waals surface area contributed by atoms with E-state index < -0.39 is 0 Å². The molecule has 0 aliphatic carbocycles. The van der Waals surface area contributed by atoms with Crippen molar-refractivity contribution in [3.05, 3.63) is 59.7 Å². The number of nitrogens with one attached hydrogen (secondary N) is 3. The summed E-state index contributed by atoms with van der Waals surface area (Å²) < 4.78 is 5.74. The minimum absolute atomic E-state index is 0.0604. The van der Waals surface area contributed by atoms with Crippen molar-refractivity contribution in [2.24, 2.45) is 0 Å². The number of unbranched alkanes of at least 4 members (excludes halogenated alkanes) is 4. The van der Waals surface area contributed by atoms with Crippen molar-refractivity contribution in [2.75, 3.05) is 11.9 Å². The lowest BCUT2D eigenvalue weighted by Gasteiger charge is -2.16. The van der Waals surface area contributed by atoms with Gasteiger partial charge in [0.15, 0.2) is 5.11 Å². The number of ether oxygens (including phenoxy) is 1.